The van der Waals surface area contributed by atoms with E-state index in [4.69, 9.17) is 9.47 Å². The Labute approximate surface area is 459 Å². The Morgan fingerprint density at radius 1 is 0.397 bits per heavy atom. The standard InChI is InChI=1S/C64H38N8O4S2/c1-37(2)41-9-7-11-49-51(25-41)55(63(73)75-5)27-53(49)59(43(29-65)30-66)61(45(33-69)34-70)57-23-21-47(77-57)19-17-39-13-15-40(16-14-39)18-20-48-22-24-58(78-48)62(46(35-71)36-72)60(44(31-67)32-68)54-28-56(64(74)76-6)52-26-42(38(3)4)10-8-12-50(52)54/h7-16,21-28,37-38H,1-6H3. The van der Waals surface area contributed by atoms with E-state index in [0.717, 1.165) is 33.8 Å². The molecule has 4 aliphatic rings. The van der Waals surface area contributed by atoms with Gasteiger partial charge in [0, 0.05) is 43.2 Å². The molecule has 0 saturated heterocycles. The van der Waals surface area contributed by atoms with Crippen molar-refractivity contribution in [2.24, 2.45) is 0 Å². The molecule has 0 aliphatic heterocycles. The number of benzene rings is 1. The number of esters is 2. The second-order valence-electron chi connectivity index (χ2n) is 17.5. The molecule has 2 aromatic heterocycles. The van der Waals surface area contributed by atoms with Crippen LogP contribution in [0, 0.1) is 114 Å². The average Bonchev–Trinajstić information content (AvgIpc) is 4.23. The predicted octanol–water partition coefficient (Wildman–Crippen LogP) is 13.2. The van der Waals surface area contributed by atoms with Gasteiger partial charge in [-0.1, -0.05) is 99.9 Å². The Bertz CT molecular complexity index is 3880. The van der Waals surface area contributed by atoms with Gasteiger partial charge in [-0.3, -0.25) is 0 Å². The van der Waals surface area contributed by atoms with Gasteiger partial charge in [-0.05, 0) is 117 Å². The van der Waals surface area contributed by atoms with Gasteiger partial charge < -0.3 is 9.47 Å². The predicted molar refractivity (Wildman–Crippen MR) is 297 cm³/mol. The molecule has 370 valence electrons. The maximum atomic E-state index is 13.2. The monoisotopic (exact) mass is 1050 g/mol. The first-order valence-corrected chi connectivity index (χ1v) is 25.2. The Morgan fingerprint density at radius 2 is 0.731 bits per heavy atom. The lowest BCUT2D eigenvalue weighted by Gasteiger charge is -2.13. The molecule has 0 spiro atoms. The summed E-state index contributed by atoms with van der Waals surface area (Å²) >= 11 is 2.28. The lowest BCUT2D eigenvalue weighted by Crippen LogP contribution is -2.00. The van der Waals surface area contributed by atoms with Gasteiger partial charge in [0.05, 0.1) is 35.1 Å². The zero-order chi connectivity index (χ0) is 56.2. The molecule has 0 fully saturated rings. The smallest absolute Gasteiger partial charge is 0.338 e. The second kappa shape index (κ2) is 24.3. The lowest BCUT2D eigenvalue weighted by atomic mass is 9.88. The van der Waals surface area contributed by atoms with Crippen molar-refractivity contribution in [3.8, 4) is 94.5 Å². The molecule has 12 nitrogen and oxygen atoms in total. The van der Waals surface area contributed by atoms with Crippen molar-refractivity contribution in [1.29, 1.82) is 42.1 Å². The average molecular weight is 1050 g/mol. The molecule has 1 aromatic carbocycles. The topological polar surface area (TPSA) is 243 Å². The number of methoxy groups -OCH3 is 2. The zero-order valence-corrected chi connectivity index (χ0v) is 44.2. The fraction of sp³-hybridized carbons (Fsp3) is 0.125. The van der Waals surface area contributed by atoms with Crippen LogP contribution in [0.25, 0.3) is 44.5 Å². The Morgan fingerprint density at radius 3 is 1.04 bits per heavy atom. The van der Waals surface area contributed by atoms with Crippen LogP contribution in [0.3, 0.4) is 0 Å². The Kier molecular flexibility index (Phi) is 17.1. The molecule has 0 N–H and O–H groups in total. The summed E-state index contributed by atoms with van der Waals surface area (Å²) in [6, 6.07) is 46.9. The summed E-state index contributed by atoms with van der Waals surface area (Å²) in [6.07, 6.45) is 0. The number of ether oxygens (including phenoxy) is 2. The minimum Gasteiger partial charge on any atom is -0.465 e. The highest BCUT2D eigenvalue weighted by atomic mass is 32.1. The molecule has 0 bridgehead atoms. The molecule has 14 heteroatoms. The number of nitrogens with zero attached hydrogens (tertiary/aromatic N) is 8. The Balaban J connectivity index is 1.22. The van der Waals surface area contributed by atoms with E-state index in [1.807, 2.05) is 101 Å². The van der Waals surface area contributed by atoms with Crippen molar-refractivity contribution in [3.63, 3.8) is 0 Å². The van der Waals surface area contributed by atoms with Gasteiger partial charge in [0.1, 0.15) is 70.8 Å². The molecule has 4 aliphatic carbocycles. The number of hydrogen-bond acceptors (Lipinski definition) is 14. The zero-order valence-electron chi connectivity index (χ0n) is 42.6. The quantitative estimate of drug-likeness (QED) is 0.0537. The number of allylic oxidation sites excluding steroid dienone is 8. The number of fused-ring (bicyclic) bond motifs is 2. The summed E-state index contributed by atoms with van der Waals surface area (Å²) in [6.45, 7) is 8.01. The van der Waals surface area contributed by atoms with E-state index in [2.05, 4.69) is 23.7 Å². The first-order chi connectivity index (χ1) is 37.7. The van der Waals surface area contributed by atoms with Crippen LogP contribution >= 0.6 is 22.7 Å². The molecule has 0 saturated carbocycles. The van der Waals surface area contributed by atoms with Crippen LogP contribution in [0.5, 0.6) is 0 Å². The molecule has 7 rings (SSSR count). The van der Waals surface area contributed by atoms with E-state index in [1.54, 1.807) is 72.8 Å². The van der Waals surface area contributed by atoms with Crippen molar-refractivity contribution in [2.75, 3.05) is 14.2 Å². The van der Waals surface area contributed by atoms with Gasteiger partial charge in [0.2, 0.25) is 0 Å². The summed E-state index contributed by atoms with van der Waals surface area (Å²) < 4.78 is 10.3. The van der Waals surface area contributed by atoms with E-state index in [-0.39, 0.29) is 78.7 Å². The molecular weight excluding hydrogens is 1010 g/mol. The van der Waals surface area contributed by atoms with Gasteiger partial charge in [0.25, 0.3) is 0 Å². The van der Waals surface area contributed by atoms with Crippen LogP contribution < -0.4 is 0 Å². The van der Waals surface area contributed by atoms with Gasteiger partial charge in [-0.2, -0.15) is 42.1 Å². The summed E-state index contributed by atoms with van der Waals surface area (Å²) in [5.74, 6) is 11.3. The lowest BCUT2D eigenvalue weighted by molar-refractivity contribution is 0.0593. The maximum absolute atomic E-state index is 13.2. The summed E-state index contributed by atoms with van der Waals surface area (Å²) in [7, 11) is 2.50. The molecule has 0 unspecified atom stereocenters. The number of carbonyl (C=O) groups excluding carboxylic acids is 2. The van der Waals surface area contributed by atoms with Crippen LogP contribution in [-0.2, 0) is 9.47 Å². The third-order valence-electron chi connectivity index (χ3n) is 12.4. The van der Waals surface area contributed by atoms with Gasteiger partial charge in [0.15, 0.2) is 0 Å². The molecule has 2 heterocycles. The Hall–Kier alpha value is -11.0. The van der Waals surface area contributed by atoms with Crippen LogP contribution in [0.4, 0.5) is 0 Å². The van der Waals surface area contributed by atoms with E-state index < -0.39 is 11.9 Å². The minimum atomic E-state index is -0.650. The van der Waals surface area contributed by atoms with Gasteiger partial charge in [-0.25, -0.2) is 9.59 Å². The van der Waals surface area contributed by atoms with Crippen LogP contribution in [0.2, 0.25) is 0 Å². The molecule has 0 amide bonds. The fourth-order valence-electron chi connectivity index (χ4n) is 8.54. The highest BCUT2D eigenvalue weighted by molar-refractivity contribution is 7.14. The summed E-state index contributed by atoms with van der Waals surface area (Å²) in [5, 5.41) is 82.5. The number of thiophene rings is 2. The number of rotatable bonds is 10. The maximum Gasteiger partial charge on any atom is 0.338 e. The van der Waals surface area contributed by atoms with Crippen LogP contribution in [0.15, 0.2) is 131 Å². The third-order valence-corrected chi connectivity index (χ3v) is 14.4. The number of hydrogen-bond donors (Lipinski definition) is 0. The van der Waals surface area contributed by atoms with Crippen molar-refractivity contribution < 1.29 is 19.1 Å². The molecular formula is C64H38N8O4S2. The van der Waals surface area contributed by atoms with Crippen molar-refractivity contribution >= 4 is 56.9 Å². The minimum absolute atomic E-state index is 0.00350. The van der Waals surface area contributed by atoms with Crippen molar-refractivity contribution in [1.82, 2.24) is 0 Å². The number of carbonyl (C=O) groups is 2. The van der Waals surface area contributed by atoms with E-state index in [9.17, 15) is 51.7 Å². The second-order valence-corrected chi connectivity index (χ2v) is 19.7. The van der Waals surface area contributed by atoms with Crippen LogP contribution in [-0.4, -0.2) is 26.2 Å². The summed E-state index contributed by atoms with van der Waals surface area (Å²) in [5.41, 5.74) is 4.58. The third kappa shape index (κ3) is 11.1. The van der Waals surface area contributed by atoms with E-state index in [1.165, 1.54) is 26.4 Å². The van der Waals surface area contributed by atoms with Gasteiger partial charge >= 0.3 is 11.9 Å². The van der Waals surface area contributed by atoms with Crippen molar-refractivity contribution in [3.05, 3.63) is 196 Å². The van der Waals surface area contributed by atoms with E-state index in [0.29, 0.717) is 52.9 Å². The largest absolute Gasteiger partial charge is 0.465 e. The first-order valence-electron chi connectivity index (χ1n) is 23.6. The van der Waals surface area contributed by atoms with Gasteiger partial charge in [-0.15, -0.1) is 22.7 Å². The molecule has 0 atom stereocenters. The normalized spacial score (nSPS) is 9.95. The fourth-order valence-corrected chi connectivity index (χ4v) is 10.4. The molecule has 78 heavy (non-hydrogen) atoms. The summed E-state index contributed by atoms with van der Waals surface area (Å²) in [4.78, 5) is 28.2. The number of nitriles is 8. The molecule has 3 aromatic rings. The van der Waals surface area contributed by atoms with E-state index >= 15 is 0 Å². The SMILES string of the molecule is COC(=O)c1cc(C(=C(C#N)C#N)C(=C(C#N)C#N)c2ccc(C#Cc3ccc(C#Cc4ccc(C(=C(C#N)C#N)C(=C(C#N)C#N)c5cc(C(=O)OC)c6cc(C(C)C)cccc5-6)s4)cc3)s2)c2cccc(C(C)C)cc1-2. The first kappa shape index (κ1) is 54.7. The van der Waals surface area contributed by atoms with Crippen LogP contribution in [0.1, 0.15) is 113 Å². The highest BCUT2D eigenvalue weighted by Gasteiger charge is 2.32. The molecule has 0 radical (unpaired) electrons. The highest BCUT2D eigenvalue weighted by Crippen LogP contribution is 2.48. The van der Waals surface area contributed by atoms with Crippen molar-refractivity contribution in [2.45, 2.75) is 39.5 Å².